The highest BCUT2D eigenvalue weighted by Gasteiger charge is 2.07. The Hall–Kier alpha value is -1.51. The molecular weight excluding hydrogens is 168 g/mol. The van der Waals surface area contributed by atoms with Gasteiger partial charge in [-0.25, -0.2) is 4.79 Å². The molecule has 0 heterocycles. The molecule has 0 amide bonds. The van der Waals surface area contributed by atoms with Crippen LogP contribution in [0.15, 0.2) is 24.2 Å². The van der Waals surface area contributed by atoms with Crippen LogP contribution in [0.25, 0.3) is 0 Å². The molecule has 0 aliphatic carbocycles. The lowest BCUT2D eigenvalue weighted by Gasteiger charge is -2.07. The summed E-state index contributed by atoms with van der Waals surface area (Å²) in [5, 5.41) is 4.08. The largest absolute Gasteiger partial charge is 0.508 e. The number of ether oxygens (including phenoxy) is 1. The number of hydrogen-bond donors (Lipinski definition) is 1. The number of carbonyl (C=O) groups is 1. The van der Waals surface area contributed by atoms with Gasteiger partial charge in [0.25, 0.3) is 1.43 Å². The number of phenolic OH excluding ortho intramolecular Hbond substituents is 1. The first-order valence-corrected chi connectivity index (χ1v) is 3.83. The average Bonchev–Trinajstić information content (AvgIpc) is 2.23. The van der Waals surface area contributed by atoms with Crippen LogP contribution < -0.4 is 0 Å². The van der Waals surface area contributed by atoms with Crippen molar-refractivity contribution < 1.29 is 18.8 Å². The van der Waals surface area contributed by atoms with Crippen molar-refractivity contribution in [2.24, 2.45) is 0 Å². The Morgan fingerprint density at radius 2 is 2.38 bits per heavy atom. The van der Waals surface area contributed by atoms with Crippen LogP contribution in [0, 0.1) is 0 Å². The molecule has 0 aliphatic heterocycles. The Morgan fingerprint density at radius 1 is 1.62 bits per heavy atom. The van der Waals surface area contributed by atoms with E-state index in [9.17, 15) is 4.79 Å². The number of hydrogen-bond acceptors (Lipinski definition) is 3. The Labute approximate surface area is 82.7 Å². The first-order valence-electron chi connectivity index (χ1n) is 5.74. The van der Waals surface area contributed by atoms with Gasteiger partial charge in [-0.3, -0.25) is 0 Å². The molecule has 0 radical (unpaired) electrons. The number of aromatic hydroxyl groups is 1. The van der Waals surface area contributed by atoms with E-state index < -0.39 is 18.1 Å². The maximum Gasteiger partial charge on any atom is 0.338 e. The molecule has 1 aromatic rings. The molecule has 0 saturated heterocycles. The van der Waals surface area contributed by atoms with Crippen molar-refractivity contribution in [3.8, 4) is 5.75 Å². The zero-order valence-electron chi connectivity index (χ0n) is 11.4. The summed E-state index contributed by atoms with van der Waals surface area (Å²) in [6.07, 6.45) is -0.350. The summed E-state index contributed by atoms with van der Waals surface area (Å²) in [6, 6.07) is -0.108. The average molecular weight is 184 g/mol. The van der Waals surface area contributed by atoms with Crippen molar-refractivity contribution in [2.75, 3.05) is 0 Å². The molecule has 1 aromatic carbocycles. The van der Waals surface area contributed by atoms with Crippen LogP contribution in [-0.2, 0) is 4.74 Å². The predicted molar refractivity (Wildman–Crippen MR) is 48.7 cm³/mol. The van der Waals surface area contributed by atoms with E-state index in [-0.39, 0.29) is 23.5 Å². The standard InChI is InChI=1S/C10H12O3/c1-7(2)13-10(12)8-3-5-9(11)6-4-8/h3-7,11H,1-2H3/i3D,5D,6D/hD. The summed E-state index contributed by atoms with van der Waals surface area (Å²) in [5.74, 6) is -1.11. The summed E-state index contributed by atoms with van der Waals surface area (Å²) >= 11 is 0. The van der Waals surface area contributed by atoms with Crippen molar-refractivity contribution in [1.82, 2.24) is 0 Å². The molecule has 1 N–H and O–H groups in total. The highest BCUT2D eigenvalue weighted by Crippen LogP contribution is 2.11. The lowest BCUT2D eigenvalue weighted by molar-refractivity contribution is 0.0378. The lowest BCUT2D eigenvalue weighted by atomic mass is 10.2. The van der Waals surface area contributed by atoms with Gasteiger partial charge < -0.3 is 9.85 Å². The Kier molecular flexibility index (Phi) is 1.60. The van der Waals surface area contributed by atoms with Crippen molar-refractivity contribution in [2.45, 2.75) is 20.0 Å². The van der Waals surface area contributed by atoms with Gasteiger partial charge in [0.1, 0.15) is 5.75 Å². The zero-order valence-corrected chi connectivity index (χ0v) is 7.38. The van der Waals surface area contributed by atoms with Crippen LogP contribution in [0.5, 0.6) is 5.75 Å². The topological polar surface area (TPSA) is 46.5 Å². The van der Waals surface area contributed by atoms with Gasteiger partial charge in [0, 0.05) is 0 Å². The predicted octanol–water partition coefficient (Wildman–Crippen LogP) is 1.96. The fraction of sp³-hybridized carbons (Fsp3) is 0.300. The lowest BCUT2D eigenvalue weighted by Crippen LogP contribution is -2.11. The second kappa shape index (κ2) is 3.94. The molecule has 13 heavy (non-hydrogen) atoms. The SMILES string of the molecule is [2H]Oc1c([2H])cc(C(=O)OC(C)C)c([2H])c1[2H]. The number of rotatable bonds is 3. The van der Waals surface area contributed by atoms with E-state index in [0.29, 0.717) is 0 Å². The van der Waals surface area contributed by atoms with Gasteiger partial charge in [-0.2, -0.15) is 0 Å². The summed E-state index contributed by atoms with van der Waals surface area (Å²) < 4.78 is 34.1. The molecule has 0 atom stereocenters. The van der Waals surface area contributed by atoms with E-state index in [2.05, 4.69) is 5.11 Å². The molecule has 0 unspecified atom stereocenters. The summed E-state index contributed by atoms with van der Waals surface area (Å²) in [6.45, 7) is 3.32. The summed E-state index contributed by atoms with van der Waals surface area (Å²) in [4.78, 5) is 11.6. The third-order valence-corrected chi connectivity index (χ3v) is 1.22. The second-order valence-corrected chi connectivity index (χ2v) is 2.74. The Morgan fingerprint density at radius 3 is 3.00 bits per heavy atom. The van der Waals surface area contributed by atoms with Crippen LogP contribution >= 0.6 is 0 Å². The number of esters is 1. The van der Waals surface area contributed by atoms with E-state index >= 15 is 0 Å². The molecule has 0 aliphatic rings. The smallest absolute Gasteiger partial charge is 0.338 e. The normalized spacial score (nSPS) is 14.1. The number of phenols is 1. The minimum absolute atomic E-state index is 0.172. The highest BCUT2D eigenvalue weighted by atomic mass is 16.5. The third-order valence-electron chi connectivity index (χ3n) is 1.22. The number of carbonyl (C=O) groups excluding carboxylic acids is 1. The van der Waals surface area contributed by atoms with Crippen molar-refractivity contribution in [1.29, 1.82) is 1.43 Å². The Bertz CT molecular complexity index is 446. The van der Waals surface area contributed by atoms with E-state index in [4.69, 9.17) is 10.3 Å². The van der Waals surface area contributed by atoms with Crippen molar-refractivity contribution >= 4 is 5.97 Å². The molecule has 3 nitrogen and oxygen atoms in total. The summed E-state index contributed by atoms with van der Waals surface area (Å²) in [7, 11) is 0. The van der Waals surface area contributed by atoms with E-state index in [1.165, 1.54) is 0 Å². The first kappa shape index (κ1) is 5.27. The fourth-order valence-electron chi connectivity index (χ4n) is 0.722. The van der Waals surface area contributed by atoms with Gasteiger partial charge in [0.05, 0.1) is 15.8 Å². The van der Waals surface area contributed by atoms with Crippen molar-refractivity contribution in [3.05, 3.63) is 29.8 Å². The monoisotopic (exact) mass is 184 g/mol. The van der Waals surface area contributed by atoms with Crippen LogP contribution in [0.4, 0.5) is 0 Å². The quantitative estimate of drug-likeness (QED) is 0.730. The molecule has 70 valence electrons. The van der Waals surface area contributed by atoms with Crippen LogP contribution in [0.1, 0.15) is 28.3 Å². The van der Waals surface area contributed by atoms with Gasteiger partial charge in [-0.1, -0.05) is 0 Å². The van der Waals surface area contributed by atoms with Gasteiger partial charge in [0.2, 0.25) is 0 Å². The van der Waals surface area contributed by atoms with E-state index in [1.807, 2.05) is 0 Å². The third kappa shape index (κ3) is 2.78. The van der Waals surface area contributed by atoms with E-state index in [1.54, 1.807) is 13.8 Å². The fourth-order valence-corrected chi connectivity index (χ4v) is 0.722. The number of benzene rings is 1. The Balaban J connectivity index is 3.23. The molecule has 0 bridgehead atoms. The highest BCUT2D eigenvalue weighted by molar-refractivity contribution is 5.89. The summed E-state index contributed by atoms with van der Waals surface area (Å²) in [5.41, 5.74) is -0.172. The molecule has 0 spiro atoms. The van der Waals surface area contributed by atoms with Crippen LogP contribution in [0.2, 0.25) is 0 Å². The molecule has 0 fully saturated rings. The first-order chi connectivity index (χ1) is 7.88. The van der Waals surface area contributed by atoms with Gasteiger partial charge in [-0.05, 0) is 38.0 Å². The molecule has 0 aromatic heterocycles. The molecule has 3 heteroatoms. The van der Waals surface area contributed by atoms with Gasteiger partial charge in [-0.15, -0.1) is 0 Å². The van der Waals surface area contributed by atoms with Crippen LogP contribution in [-0.4, -0.2) is 18.6 Å². The second-order valence-electron chi connectivity index (χ2n) is 2.74. The van der Waals surface area contributed by atoms with E-state index in [0.717, 1.165) is 6.07 Å². The molecular formula is C10H12O3. The van der Waals surface area contributed by atoms with Gasteiger partial charge in [0.15, 0.2) is 0 Å². The van der Waals surface area contributed by atoms with Gasteiger partial charge >= 0.3 is 5.97 Å². The van der Waals surface area contributed by atoms with Crippen LogP contribution in [0.3, 0.4) is 0 Å². The molecule has 1 rings (SSSR count). The molecule has 0 saturated carbocycles. The minimum Gasteiger partial charge on any atom is -0.508 e. The zero-order chi connectivity index (χ0) is 13.2. The minimum atomic E-state index is -0.761. The van der Waals surface area contributed by atoms with Crippen molar-refractivity contribution in [3.63, 3.8) is 0 Å². The maximum absolute atomic E-state index is 11.6. The maximum atomic E-state index is 11.6.